The molecular formula is C5H13AlBr. The molecule has 0 fully saturated rings. The first kappa shape index (κ1) is 10.9. The minimum absolute atomic E-state index is 0. The van der Waals surface area contributed by atoms with Gasteiger partial charge in [-0.25, -0.2) is 0 Å². The summed E-state index contributed by atoms with van der Waals surface area (Å²) < 4.78 is 0. The minimum Gasteiger partial charge on any atom is -0.114 e. The fourth-order valence-electron chi connectivity index (χ4n) is 0.408. The molecule has 0 saturated heterocycles. The zero-order valence-corrected chi connectivity index (χ0v) is 7.97. The monoisotopic (exact) mass is 179 g/mol. The second kappa shape index (κ2) is 10.1. The predicted octanol–water partition coefficient (Wildman–Crippen LogP) is 2.54. The average Bonchev–Trinajstić information content (AvgIpc) is 1.61. The lowest BCUT2D eigenvalue weighted by atomic mass is 10.6. The van der Waals surface area contributed by atoms with Gasteiger partial charge in [-0.05, 0) is 0 Å². The van der Waals surface area contributed by atoms with E-state index in [1.54, 1.807) is 0 Å². The molecule has 1 radical (unpaired) electrons. The van der Waals surface area contributed by atoms with Crippen molar-refractivity contribution >= 4 is 32.2 Å². The Morgan fingerprint density at radius 2 is 1.86 bits per heavy atom. The van der Waals surface area contributed by atoms with Crippen LogP contribution in [0.25, 0.3) is 0 Å². The third-order valence-corrected chi connectivity index (χ3v) is 2.34. The van der Waals surface area contributed by atoms with Crippen LogP contribution in [0.5, 0.6) is 0 Å². The van der Waals surface area contributed by atoms with E-state index in [1.165, 1.54) is 17.0 Å². The lowest BCUT2D eigenvalue weighted by molar-refractivity contribution is 1.07. The van der Waals surface area contributed by atoms with E-state index < -0.39 is 0 Å². The molecule has 2 heteroatoms. The number of hydrogen-bond acceptors (Lipinski definition) is 0. The van der Waals surface area contributed by atoms with Crippen molar-refractivity contribution < 1.29 is 0 Å². The molecule has 0 aliphatic heterocycles. The molecule has 0 N–H and O–H groups in total. The highest BCUT2D eigenvalue weighted by molar-refractivity contribution is 8.93. The molecule has 0 bridgehead atoms. The van der Waals surface area contributed by atoms with Crippen LogP contribution >= 0.6 is 17.0 Å². The smallest absolute Gasteiger partial charge is 0.114 e. The fourth-order valence-corrected chi connectivity index (χ4v) is 1.22. The van der Waals surface area contributed by atoms with Crippen LogP contribution in [-0.4, -0.2) is 15.2 Å². The number of hydrogen-bond donors (Lipinski definition) is 0. The van der Waals surface area contributed by atoms with Crippen molar-refractivity contribution in [2.45, 2.75) is 30.8 Å². The van der Waals surface area contributed by atoms with Crippen molar-refractivity contribution in [3.8, 4) is 0 Å². The van der Waals surface area contributed by atoms with Crippen LogP contribution in [0.4, 0.5) is 0 Å². The Hall–Kier alpha value is 1.01. The van der Waals surface area contributed by atoms with E-state index >= 15 is 0 Å². The minimum atomic E-state index is 0. The molecule has 0 aromatic carbocycles. The van der Waals surface area contributed by atoms with Crippen molar-refractivity contribution in [2.75, 3.05) is 0 Å². The van der Waals surface area contributed by atoms with Gasteiger partial charge in [0.2, 0.25) is 0 Å². The van der Waals surface area contributed by atoms with Gasteiger partial charge in [-0.3, -0.25) is 0 Å². The molecule has 0 rings (SSSR count). The Labute approximate surface area is 63.2 Å². The van der Waals surface area contributed by atoms with Crippen molar-refractivity contribution in [3.63, 3.8) is 0 Å². The summed E-state index contributed by atoms with van der Waals surface area (Å²) in [7, 11) is 0. The first-order chi connectivity index (χ1) is 2.91. The zero-order valence-electron chi connectivity index (χ0n) is 5.11. The summed E-state index contributed by atoms with van der Waals surface area (Å²) in [6.07, 6.45) is 1.39. The van der Waals surface area contributed by atoms with Gasteiger partial charge in [0.1, 0.15) is 0 Å². The summed E-state index contributed by atoms with van der Waals surface area (Å²) in [5.74, 6) is 0. The Bertz CT molecular complexity index is 20.0. The Balaban J connectivity index is 0. The van der Waals surface area contributed by atoms with Crippen LogP contribution in [0.3, 0.4) is 0 Å². The normalized spacial score (nSPS) is 7.14. The van der Waals surface area contributed by atoms with E-state index in [0.717, 1.165) is 15.2 Å². The van der Waals surface area contributed by atoms with Crippen LogP contribution in [0, 0.1) is 0 Å². The van der Waals surface area contributed by atoms with E-state index in [2.05, 4.69) is 13.8 Å². The second-order valence-electron chi connectivity index (χ2n) is 1.49. The van der Waals surface area contributed by atoms with Crippen molar-refractivity contribution in [3.05, 3.63) is 0 Å². The zero-order chi connectivity index (χ0) is 4.83. The van der Waals surface area contributed by atoms with E-state index in [9.17, 15) is 0 Å². The van der Waals surface area contributed by atoms with Gasteiger partial charge in [0.05, 0.1) is 0 Å². The number of halogens is 1. The summed E-state index contributed by atoms with van der Waals surface area (Å²) in [6.45, 7) is 4.52. The lowest BCUT2D eigenvalue weighted by Gasteiger charge is -1.82. The first-order valence-corrected chi connectivity index (χ1v) is 4.36. The van der Waals surface area contributed by atoms with Crippen molar-refractivity contribution in [2.24, 2.45) is 0 Å². The molecule has 7 heavy (non-hydrogen) atoms. The summed E-state index contributed by atoms with van der Waals surface area (Å²) in [5, 5.41) is 2.93. The topological polar surface area (TPSA) is 0 Å². The Morgan fingerprint density at radius 3 is 2.00 bits per heavy atom. The Morgan fingerprint density at radius 1 is 1.29 bits per heavy atom. The molecule has 0 heterocycles. The maximum atomic E-state index is 2.27. The van der Waals surface area contributed by atoms with Crippen LogP contribution < -0.4 is 0 Å². The van der Waals surface area contributed by atoms with E-state index in [-0.39, 0.29) is 17.0 Å². The predicted molar refractivity (Wildman–Crippen MR) is 41.7 cm³/mol. The van der Waals surface area contributed by atoms with E-state index in [0.29, 0.717) is 0 Å². The molecular weight excluding hydrogens is 167 g/mol. The van der Waals surface area contributed by atoms with Crippen LogP contribution in [0.1, 0.15) is 20.3 Å². The summed E-state index contributed by atoms with van der Waals surface area (Å²) in [4.78, 5) is 0. The highest BCUT2D eigenvalue weighted by Gasteiger charge is 1.80. The SMILES string of the molecule is Br.CC[CH2][Al][CH2]C. The molecule has 0 spiro atoms. The fraction of sp³-hybridized carbons (Fsp3) is 1.00. The summed E-state index contributed by atoms with van der Waals surface area (Å²) in [5.41, 5.74) is 0. The van der Waals surface area contributed by atoms with Gasteiger partial charge in [0.25, 0.3) is 0 Å². The van der Waals surface area contributed by atoms with E-state index in [4.69, 9.17) is 0 Å². The summed E-state index contributed by atoms with van der Waals surface area (Å²) >= 11 is 0.818. The molecule has 0 aromatic heterocycles. The van der Waals surface area contributed by atoms with Gasteiger partial charge < -0.3 is 0 Å². The summed E-state index contributed by atoms with van der Waals surface area (Å²) in [6, 6.07) is 0. The lowest BCUT2D eigenvalue weighted by Crippen LogP contribution is -1.80. The van der Waals surface area contributed by atoms with Gasteiger partial charge >= 0.3 is 0 Å². The van der Waals surface area contributed by atoms with Crippen molar-refractivity contribution in [1.29, 1.82) is 0 Å². The molecule has 0 aliphatic carbocycles. The van der Waals surface area contributed by atoms with Gasteiger partial charge in [-0.15, -0.1) is 27.5 Å². The van der Waals surface area contributed by atoms with Crippen LogP contribution in [-0.2, 0) is 0 Å². The third-order valence-electron chi connectivity index (χ3n) is 0.781. The average molecular weight is 180 g/mol. The molecule has 0 unspecified atom stereocenters. The quantitative estimate of drug-likeness (QED) is 0.462. The van der Waals surface area contributed by atoms with Gasteiger partial charge in [-0.2, -0.15) is 0 Å². The van der Waals surface area contributed by atoms with Crippen molar-refractivity contribution in [1.82, 2.24) is 0 Å². The molecule has 0 amide bonds. The largest absolute Gasteiger partial charge is 0.199 e. The van der Waals surface area contributed by atoms with Gasteiger partial charge in [-0.1, -0.05) is 20.3 Å². The highest BCUT2D eigenvalue weighted by atomic mass is 79.9. The van der Waals surface area contributed by atoms with Crippen LogP contribution in [0.15, 0.2) is 0 Å². The van der Waals surface area contributed by atoms with Gasteiger partial charge in [0, 0.05) is 0 Å². The standard InChI is InChI=1S/C3H7.C2H5.Al.BrH/c1-3-2;1-2;;/h1,3H2,2H3;1H2,2H3;;1H. The highest BCUT2D eigenvalue weighted by Crippen LogP contribution is 1.86. The molecule has 0 nitrogen and oxygen atoms in total. The molecule has 43 valence electrons. The molecule has 0 saturated carbocycles. The first-order valence-electron chi connectivity index (χ1n) is 2.73. The second-order valence-corrected chi connectivity index (χ2v) is 3.46. The van der Waals surface area contributed by atoms with E-state index in [1.807, 2.05) is 0 Å². The third kappa shape index (κ3) is 10.9. The maximum absolute atomic E-state index is 2.27. The molecule has 0 aliphatic rings. The number of rotatable bonds is 3. The maximum Gasteiger partial charge on any atom is 0.199 e. The molecule has 0 aromatic rings. The van der Waals surface area contributed by atoms with Crippen LogP contribution in [0.2, 0.25) is 10.6 Å². The van der Waals surface area contributed by atoms with Gasteiger partial charge in [0.15, 0.2) is 15.2 Å². The molecule has 0 atom stereocenters. The Kier molecular flexibility index (Phi) is 15.7.